The fraction of sp³-hybridized carbons (Fsp3) is 0.360. The monoisotopic (exact) mass is 426 g/mol. The number of phenols is 1. The summed E-state index contributed by atoms with van der Waals surface area (Å²) in [4.78, 5) is 1.99. The second kappa shape index (κ2) is 8.09. The van der Waals surface area contributed by atoms with E-state index in [1.165, 1.54) is 17.2 Å². The predicted molar refractivity (Wildman–Crippen MR) is 123 cm³/mol. The number of aromatic hydroxyl groups is 1. The van der Waals surface area contributed by atoms with Crippen LogP contribution in [0.15, 0.2) is 48.2 Å². The zero-order chi connectivity index (χ0) is 21.6. The number of fused-ring (bicyclic) bond motifs is 2. The van der Waals surface area contributed by atoms with E-state index in [4.69, 9.17) is 11.6 Å². The van der Waals surface area contributed by atoms with Crippen LogP contribution in [0.25, 0.3) is 16.7 Å². The Morgan fingerprint density at radius 1 is 1.30 bits per heavy atom. The van der Waals surface area contributed by atoms with Gasteiger partial charge in [-0.3, -0.25) is 4.90 Å². The van der Waals surface area contributed by atoms with Crippen molar-refractivity contribution < 1.29 is 9.50 Å². The first kappa shape index (κ1) is 21.0. The molecule has 0 fully saturated rings. The van der Waals surface area contributed by atoms with Gasteiger partial charge in [0, 0.05) is 34.1 Å². The number of nitrogens with one attached hydrogen (secondary N) is 1. The van der Waals surface area contributed by atoms with E-state index in [0.29, 0.717) is 28.6 Å². The zero-order valence-corrected chi connectivity index (χ0v) is 18.5. The minimum atomic E-state index is -0.289. The maximum atomic E-state index is 15.2. The summed E-state index contributed by atoms with van der Waals surface area (Å²) >= 11 is 6.02. The molecule has 2 atom stereocenters. The van der Waals surface area contributed by atoms with Crippen LogP contribution in [-0.2, 0) is 0 Å². The molecule has 0 saturated heterocycles. The number of phenolic OH excluding ortho intramolecular Hbond substituents is 1. The smallest absolute Gasteiger partial charge is 0.128 e. The summed E-state index contributed by atoms with van der Waals surface area (Å²) < 4.78 is 15.2. The van der Waals surface area contributed by atoms with Gasteiger partial charge in [-0.25, -0.2) is 4.39 Å². The van der Waals surface area contributed by atoms with E-state index in [-0.39, 0.29) is 17.6 Å². The van der Waals surface area contributed by atoms with Crippen molar-refractivity contribution in [2.24, 2.45) is 5.92 Å². The molecule has 1 heterocycles. The third-order valence-corrected chi connectivity index (χ3v) is 6.90. The van der Waals surface area contributed by atoms with E-state index in [9.17, 15) is 5.11 Å². The van der Waals surface area contributed by atoms with Gasteiger partial charge in [0.05, 0.1) is 6.00 Å². The van der Waals surface area contributed by atoms with E-state index in [1.807, 2.05) is 36.9 Å². The van der Waals surface area contributed by atoms with Gasteiger partial charge < -0.3 is 10.4 Å². The van der Waals surface area contributed by atoms with Gasteiger partial charge in [-0.15, -0.1) is 11.6 Å². The molecule has 2 N–H and O–H groups in total. The summed E-state index contributed by atoms with van der Waals surface area (Å²) in [5, 5.41) is 14.2. The van der Waals surface area contributed by atoms with E-state index in [2.05, 4.69) is 18.8 Å². The van der Waals surface area contributed by atoms with Crippen LogP contribution in [0.4, 0.5) is 10.1 Å². The van der Waals surface area contributed by atoms with E-state index in [0.717, 1.165) is 36.3 Å². The molecule has 5 heteroatoms. The molecule has 30 heavy (non-hydrogen) atoms. The summed E-state index contributed by atoms with van der Waals surface area (Å²) in [5.74, 6) is 0.233. The zero-order valence-electron chi connectivity index (χ0n) is 17.7. The molecule has 2 unspecified atom stereocenters. The van der Waals surface area contributed by atoms with Crippen molar-refractivity contribution in [1.82, 2.24) is 4.90 Å². The number of hydrogen-bond acceptors (Lipinski definition) is 3. The first-order valence-electron chi connectivity index (χ1n) is 10.5. The maximum absolute atomic E-state index is 15.2. The summed E-state index contributed by atoms with van der Waals surface area (Å²) in [5.41, 5.74) is 7.20. The molecule has 2 aliphatic rings. The Balaban J connectivity index is 1.85. The van der Waals surface area contributed by atoms with Gasteiger partial charge in [0.15, 0.2) is 0 Å². The largest absolute Gasteiger partial charge is 0.507 e. The SMILES string of the molecule is C=C1Nc2ccc(O)c(-c3ccc(C(C)N(CC)CCl)c(F)c3)c2C2=C1CCC2C. The molecule has 2 aromatic carbocycles. The number of hydrogen-bond donors (Lipinski definition) is 2. The first-order chi connectivity index (χ1) is 14.4. The lowest BCUT2D eigenvalue weighted by atomic mass is 9.84. The van der Waals surface area contributed by atoms with E-state index >= 15 is 4.39 Å². The van der Waals surface area contributed by atoms with Crippen molar-refractivity contribution in [3.8, 4) is 16.9 Å². The summed E-state index contributed by atoms with van der Waals surface area (Å²) in [6.07, 6.45) is 2.02. The van der Waals surface area contributed by atoms with Gasteiger partial charge in [0.1, 0.15) is 11.6 Å². The minimum absolute atomic E-state index is 0.131. The number of allylic oxidation sites excluding steroid dienone is 2. The summed E-state index contributed by atoms with van der Waals surface area (Å²) in [6, 6.07) is 9.00. The lowest BCUT2D eigenvalue weighted by Gasteiger charge is -2.28. The number of anilines is 1. The van der Waals surface area contributed by atoms with Crippen molar-refractivity contribution in [1.29, 1.82) is 0 Å². The highest BCUT2D eigenvalue weighted by Gasteiger charge is 2.33. The highest BCUT2D eigenvalue weighted by atomic mass is 35.5. The van der Waals surface area contributed by atoms with Gasteiger partial charge in [-0.05, 0) is 67.1 Å². The molecular weight excluding hydrogens is 399 g/mol. The molecule has 158 valence electrons. The number of benzene rings is 2. The molecule has 0 aromatic heterocycles. The standard InChI is InChI=1S/C25H28ClFN2O/c1-5-29(13-26)16(4)19-9-7-17(12-20(19)27)24-22(30)11-10-21-25(24)23-14(2)6-8-18(23)15(3)28-21/h7,9-12,14,16,28,30H,3,5-6,8,13H2,1-2,4H3. The highest BCUT2D eigenvalue weighted by molar-refractivity contribution is 6.17. The average Bonchev–Trinajstić information content (AvgIpc) is 3.11. The Labute approximate surface area is 182 Å². The topological polar surface area (TPSA) is 35.5 Å². The Morgan fingerprint density at radius 2 is 2.07 bits per heavy atom. The van der Waals surface area contributed by atoms with Crippen molar-refractivity contribution in [2.75, 3.05) is 17.9 Å². The van der Waals surface area contributed by atoms with Gasteiger partial charge in [0.2, 0.25) is 0 Å². The molecule has 1 aliphatic heterocycles. The lowest BCUT2D eigenvalue weighted by molar-refractivity contribution is 0.255. The van der Waals surface area contributed by atoms with Crippen LogP contribution < -0.4 is 5.32 Å². The number of halogens is 2. The van der Waals surface area contributed by atoms with Gasteiger partial charge in [-0.1, -0.05) is 32.6 Å². The predicted octanol–water partition coefficient (Wildman–Crippen LogP) is 6.90. The Bertz CT molecular complexity index is 1040. The number of nitrogens with zero attached hydrogens (tertiary/aromatic N) is 1. The van der Waals surface area contributed by atoms with Crippen LogP contribution in [0.2, 0.25) is 0 Å². The third-order valence-electron chi connectivity index (χ3n) is 6.59. The van der Waals surface area contributed by atoms with E-state index in [1.54, 1.807) is 6.07 Å². The summed E-state index contributed by atoms with van der Waals surface area (Å²) in [7, 11) is 0. The number of rotatable bonds is 5. The highest BCUT2D eigenvalue weighted by Crippen LogP contribution is 2.52. The fourth-order valence-electron chi connectivity index (χ4n) is 4.83. The quantitative estimate of drug-likeness (QED) is 0.310. The second-order valence-electron chi connectivity index (χ2n) is 8.25. The van der Waals surface area contributed by atoms with Crippen LogP contribution in [0, 0.1) is 11.7 Å². The molecular formula is C25H28ClFN2O. The Kier molecular flexibility index (Phi) is 5.65. The molecule has 2 aromatic rings. The average molecular weight is 427 g/mol. The van der Waals surface area contributed by atoms with Crippen molar-refractivity contribution in [3.63, 3.8) is 0 Å². The molecule has 0 bridgehead atoms. The number of alkyl halides is 1. The van der Waals surface area contributed by atoms with Gasteiger partial charge in [-0.2, -0.15) is 0 Å². The van der Waals surface area contributed by atoms with E-state index < -0.39 is 0 Å². The fourth-order valence-corrected chi connectivity index (χ4v) is 5.21. The second-order valence-corrected chi connectivity index (χ2v) is 8.49. The van der Waals surface area contributed by atoms with Crippen molar-refractivity contribution >= 4 is 22.9 Å². The van der Waals surface area contributed by atoms with Crippen LogP contribution in [0.5, 0.6) is 5.75 Å². The maximum Gasteiger partial charge on any atom is 0.128 e. The Morgan fingerprint density at radius 3 is 2.73 bits per heavy atom. The van der Waals surface area contributed by atoms with Crippen molar-refractivity contribution in [2.45, 2.75) is 39.7 Å². The van der Waals surface area contributed by atoms with Gasteiger partial charge >= 0.3 is 0 Å². The first-order valence-corrected chi connectivity index (χ1v) is 11.1. The van der Waals surface area contributed by atoms with Crippen LogP contribution in [-0.4, -0.2) is 22.6 Å². The lowest BCUT2D eigenvalue weighted by Crippen LogP contribution is -2.26. The molecule has 4 rings (SSSR count). The molecule has 0 saturated carbocycles. The van der Waals surface area contributed by atoms with Crippen LogP contribution in [0.3, 0.4) is 0 Å². The molecule has 3 nitrogen and oxygen atoms in total. The van der Waals surface area contributed by atoms with Crippen LogP contribution >= 0.6 is 11.6 Å². The molecule has 1 aliphatic carbocycles. The summed E-state index contributed by atoms with van der Waals surface area (Å²) in [6.45, 7) is 11.1. The van der Waals surface area contributed by atoms with Gasteiger partial charge in [0.25, 0.3) is 0 Å². The normalized spacial score (nSPS) is 19.0. The van der Waals surface area contributed by atoms with Crippen molar-refractivity contribution in [3.05, 3.63) is 65.1 Å². The van der Waals surface area contributed by atoms with Crippen LogP contribution in [0.1, 0.15) is 50.8 Å². The molecule has 0 radical (unpaired) electrons. The third kappa shape index (κ3) is 3.32. The molecule has 0 spiro atoms. The molecule has 0 amide bonds. The Hall–Kier alpha value is -2.30. The minimum Gasteiger partial charge on any atom is -0.507 e.